The number of hydrogen-bond donors (Lipinski definition) is 2. The molecule has 0 aliphatic rings. The summed E-state index contributed by atoms with van der Waals surface area (Å²) in [7, 11) is 1.41. The number of ether oxygens (including phenoxy) is 1. The monoisotopic (exact) mass is 356 g/mol. The number of halogens is 5. The molecule has 0 fully saturated rings. The Hall–Kier alpha value is -2.66. The van der Waals surface area contributed by atoms with Gasteiger partial charge in [0.05, 0.1) is 13.3 Å². The summed E-state index contributed by atoms with van der Waals surface area (Å²) in [6, 6.07) is 0. The first-order valence-corrected chi connectivity index (χ1v) is 6.18. The number of nitrogen functional groups attached to an aromatic ring is 1. The van der Waals surface area contributed by atoms with Crippen LogP contribution < -0.4 is 10.5 Å². The number of hydrogen-bond acceptors (Lipinski definition) is 5. The number of aliphatic carboxylic acids is 1. The van der Waals surface area contributed by atoms with E-state index in [1.54, 1.807) is 0 Å². The smallest absolute Gasteiger partial charge is 0.490 e. The highest BCUT2D eigenvalue weighted by Crippen LogP contribution is 2.30. The van der Waals surface area contributed by atoms with Gasteiger partial charge in [-0.2, -0.15) is 18.3 Å². The molecule has 134 valence electrons. The van der Waals surface area contributed by atoms with E-state index >= 15 is 0 Å². The minimum atomic E-state index is -5.08. The van der Waals surface area contributed by atoms with Gasteiger partial charge >= 0.3 is 12.1 Å². The Morgan fingerprint density at radius 1 is 1.33 bits per heavy atom. The fourth-order valence-electron chi connectivity index (χ4n) is 1.65. The van der Waals surface area contributed by atoms with Crippen molar-refractivity contribution in [1.82, 2.24) is 14.8 Å². The number of nitrogens with zero attached hydrogens (tertiary/aromatic N) is 3. The standard InChI is InChI=1S/C10H12F2N4O.C2HF3O2/c1-10(11,12)5-16-7-6(4-15-16)3-14-9(13)8(7)17-2;3-2(4,5)1(6)7/h3-4H,5H2,1-2H3,(H2,13,14);(H,6,7). The maximum atomic E-state index is 13.0. The lowest BCUT2D eigenvalue weighted by Crippen LogP contribution is -2.21. The third kappa shape index (κ3) is 4.93. The maximum Gasteiger partial charge on any atom is 0.490 e. The van der Waals surface area contributed by atoms with Gasteiger partial charge in [0.2, 0.25) is 0 Å². The summed E-state index contributed by atoms with van der Waals surface area (Å²) in [5.41, 5.74) is 6.06. The molecule has 2 aromatic heterocycles. The van der Waals surface area contributed by atoms with Gasteiger partial charge in [0.15, 0.2) is 11.6 Å². The highest BCUT2D eigenvalue weighted by molar-refractivity contribution is 5.87. The zero-order chi connectivity index (χ0) is 18.7. The zero-order valence-electron chi connectivity index (χ0n) is 12.4. The lowest BCUT2D eigenvalue weighted by molar-refractivity contribution is -0.192. The molecule has 2 aromatic rings. The van der Waals surface area contributed by atoms with Crippen LogP contribution in [0.5, 0.6) is 5.75 Å². The first kappa shape index (κ1) is 19.4. The van der Waals surface area contributed by atoms with Gasteiger partial charge in [-0.1, -0.05) is 0 Å². The average molecular weight is 356 g/mol. The average Bonchev–Trinajstić information content (AvgIpc) is 2.79. The summed E-state index contributed by atoms with van der Waals surface area (Å²) in [6.45, 7) is 0.299. The number of carbonyl (C=O) groups is 1. The van der Waals surface area contributed by atoms with Crippen LogP contribution in [0, 0.1) is 0 Å². The van der Waals surface area contributed by atoms with Gasteiger partial charge in [0.1, 0.15) is 12.1 Å². The van der Waals surface area contributed by atoms with E-state index in [0.29, 0.717) is 10.9 Å². The quantitative estimate of drug-likeness (QED) is 0.818. The summed E-state index contributed by atoms with van der Waals surface area (Å²) in [6.07, 6.45) is -2.15. The van der Waals surface area contributed by atoms with Crippen molar-refractivity contribution in [1.29, 1.82) is 0 Å². The highest BCUT2D eigenvalue weighted by Gasteiger charge is 2.38. The molecular weight excluding hydrogens is 343 g/mol. The molecule has 0 spiro atoms. The molecule has 0 saturated heterocycles. The SMILES string of the molecule is COc1c(N)ncc2cnn(CC(C)(F)F)c12.O=C(O)C(F)(F)F. The van der Waals surface area contributed by atoms with Crippen LogP contribution in [0.15, 0.2) is 12.4 Å². The Morgan fingerprint density at radius 2 is 1.88 bits per heavy atom. The minimum Gasteiger partial charge on any atom is -0.491 e. The topological polar surface area (TPSA) is 103 Å². The zero-order valence-corrected chi connectivity index (χ0v) is 12.4. The molecule has 2 heterocycles. The molecule has 0 atom stereocenters. The van der Waals surface area contributed by atoms with E-state index in [9.17, 15) is 22.0 Å². The molecule has 0 saturated carbocycles. The molecule has 0 aliphatic heterocycles. The van der Waals surface area contributed by atoms with Crippen LogP contribution in [0.4, 0.5) is 27.8 Å². The summed E-state index contributed by atoms with van der Waals surface area (Å²) < 4.78 is 64.0. The predicted octanol–water partition coefficient (Wildman–Crippen LogP) is 2.31. The van der Waals surface area contributed by atoms with Crippen molar-refractivity contribution in [3.63, 3.8) is 0 Å². The summed E-state index contributed by atoms with van der Waals surface area (Å²) in [5.74, 6) is -5.19. The van der Waals surface area contributed by atoms with E-state index < -0.39 is 24.6 Å². The molecule has 7 nitrogen and oxygen atoms in total. The van der Waals surface area contributed by atoms with Crippen LogP contribution in [-0.4, -0.2) is 45.0 Å². The molecule has 0 amide bonds. The first-order valence-electron chi connectivity index (χ1n) is 6.18. The highest BCUT2D eigenvalue weighted by atomic mass is 19.4. The Morgan fingerprint density at radius 3 is 2.29 bits per heavy atom. The van der Waals surface area contributed by atoms with Crippen LogP contribution in [0.2, 0.25) is 0 Å². The summed E-state index contributed by atoms with van der Waals surface area (Å²) in [4.78, 5) is 12.8. The van der Waals surface area contributed by atoms with Crippen molar-refractivity contribution in [3.05, 3.63) is 12.4 Å². The first-order chi connectivity index (χ1) is 10.9. The fraction of sp³-hybridized carbons (Fsp3) is 0.417. The van der Waals surface area contributed by atoms with Gasteiger partial charge in [-0.3, -0.25) is 4.68 Å². The normalized spacial score (nSPS) is 11.8. The van der Waals surface area contributed by atoms with Gasteiger partial charge < -0.3 is 15.6 Å². The lowest BCUT2D eigenvalue weighted by Gasteiger charge is -2.12. The molecule has 24 heavy (non-hydrogen) atoms. The van der Waals surface area contributed by atoms with Crippen LogP contribution in [0.25, 0.3) is 10.9 Å². The Kier molecular flexibility index (Phi) is 5.53. The molecule has 0 radical (unpaired) electrons. The number of rotatable bonds is 3. The largest absolute Gasteiger partial charge is 0.491 e. The van der Waals surface area contributed by atoms with Gasteiger partial charge in [0, 0.05) is 18.5 Å². The Balaban J connectivity index is 0.000000351. The van der Waals surface area contributed by atoms with Gasteiger partial charge in [-0.25, -0.2) is 18.6 Å². The second-order valence-corrected chi connectivity index (χ2v) is 4.66. The van der Waals surface area contributed by atoms with Crippen molar-refractivity contribution in [2.24, 2.45) is 0 Å². The van der Waals surface area contributed by atoms with Crippen LogP contribution in [0.3, 0.4) is 0 Å². The number of anilines is 1. The van der Waals surface area contributed by atoms with Crippen molar-refractivity contribution >= 4 is 22.7 Å². The Labute approximate surface area is 131 Å². The number of carboxylic acid groups (broad SMARTS) is 1. The molecule has 0 aromatic carbocycles. The van der Waals surface area contributed by atoms with E-state index in [1.165, 1.54) is 24.2 Å². The fourth-order valence-corrected chi connectivity index (χ4v) is 1.65. The molecule has 0 bridgehead atoms. The number of fused-ring (bicyclic) bond motifs is 1. The third-order valence-electron chi connectivity index (χ3n) is 2.53. The predicted molar refractivity (Wildman–Crippen MR) is 72.8 cm³/mol. The molecule has 2 rings (SSSR count). The lowest BCUT2D eigenvalue weighted by atomic mass is 10.3. The second-order valence-electron chi connectivity index (χ2n) is 4.66. The van der Waals surface area contributed by atoms with Crippen molar-refractivity contribution in [2.75, 3.05) is 12.8 Å². The number of aromatic nitrogens is 3. The van der Waals surface area contributed by atoms with Gasteiger partial charge in [0.25, 0.3) is 5.92 Å². The van der Waals surface area contributed by atoms with Crippen LogP contribution in [0.1, 0.15) is 6.92 Å². The number of nitrogens with two attached hydrogens (primary N) is 1. The van der Waals surface area contributed by atoms with Crippen LogP contribution >= 0.6 is 0 Å². The second kappa shape index (κ2) is 6.84. The van der Waals surface area contributed by atoms with E-state index in [0.717, 1.165) is 6.92 Å². The van der Waals surface area contributed by atoms with E-state index in [2.05, 4.69) is 10.1 Å². The molecular formula is C12H13F5N4O3. The number of pyridine rings is 1. The minimum absolute atomic E-state index is 0.154. The van der Waals surface area contributed by atoms with E-state index in [-0.39, 0.29) is 11.6 Å². The Bertz CT molecular complexity index is 724. The number of methoxy groups -OCH3 is 1. The van der Waals surface area contributed by atoms with Crippen molar-refractivity contribution in [3.8, 4) is 5.75 Å². The van der Waals surface area contributed by atoms with Crippen molar-refractivity contribution < 1.29 is 36.6 Å². The summed E-state index contributed by atoms with van der Waals surface area (Å²) in [5, 5.41) is 11.6. The van der Waals surface area contributed by atoms with E-state index in [1.807, 2.05) is 0 Å². The van der Waals surface area contributed by atoms with Gasteiger partial charge in [-0.05, 0) is 0 Å². The maximum absolute atomic E-state index is 13.0. The summed E-state index contributed by atoms with van der Waals surface area (Å²) >= 11 is 0. The van der Waals surface area contributed by atoms with Crippen molar-refractivity contribution in [2.45, 2.75) is 25.6 Å². The number of carboxylic acids is 1. The molecule has 12 heteroatoms. The number of alkyl halides is 5. The van der Waals surface area contributed by atoms with Gasteiger partial charge in [-0.15, -0.1) is 0 Å². The molecule has 3 N–H and O–H groups in total. The van der Waals surface area contributed by atoms with Crippen LogP contribution in [-0.2, 0) is 11.3 Å². The molecule has 0 unspecified atom stereocenters. The third-order valence-corrected chi connectivity index (χ3v) is 2.53. The van der Waals surface area contributed by atoms with E-state index in [4.69, 9.17) is 20.4 Å². The molecule has 0 aliphatic carbocycles.